The van der Waals surface area contributed by atoms with Crippen molar-refractivity contribution in [1.82, 2.24) is 4.90 Å². The highest BCUT2D eigenvalue weighted by Gasteiger charge is 2.27. The second-order valence-corrected chi connectivity index (χ2v) is 7.71. The maximum atomic E-state index is 12.5. The van der Waals surface area contributed by atoms with Crippen LogP contribution in [0.3, 0.4) is 0 Å². The van der Waals surface area contributed by atoms with Gasteiger partial charge in [-0.25, -0.2) is 8.42 Å². The smallest absolute Gasteiger partial charge is 0.341 e. The van der Waals surface area contributed by atoms with Crippen LogP contribution in [0, 0.1) is 5.92 Å². The van der Waals surface area contributed by atoms with Gasteiger partial charge in [0.05, 0.1) is 17.4 Å². The number of benzene rings is 1. The van der Waals surface area contributed by atoms with E-state index in [0.717, 1.165) is 12.1 Å². The largest absolute Gasteiger partial charge is 0.481 e. The number of likely N-dealkylation sites (tertiary alicyclic amines) is 1. The number of amides is 1. The van der Waals surface area contributed by atoms with Crippen LogP contribution in [0.4, 0.5) is 14.5 Å². The van der Waals surface area contributed by atoms with Crippen LogP contribution in [-0.4, -0.2) is 55.7 Å². The van der Waals surface area contributed by atoms with E-state index in [4.69, 9.17) is 5.11 Å². The molecule has 0 saturated carbocycles. The van der Waals surface area contributed by atoms with Gasteiger partial charge in [-0.05, 0) is 43.7 Å². The van der Waals surface area contributed by atoms with Crippen LogP contribution < -0.4 is 5.32 Å². The van der Waals surface area contributed by atoms with E-state index in [1.54, 1.807) is 4.90 Å². The average Bonchev–Trinajstić information content (AvgIpc) is 2.55. The zero-order chi connectivity index (χ0) is 18.6. The molecule has 1 amide bonds. The number of piperidine rings is 1. The Balaban J connectivity index is 1.94. The fourth-order valence-electron chi connectivity index (χ4n) is 2.64. The number of alkyl halides is 2. The summed E-state index contributed by atoms with van der Waals surface area (Å²) in [6, 6.07) is 4.45. The zero-order valence-corrected chi connectivity index (χ0v) is 14.0. The van der Waals surface area contributed by atoms with Gasteiger partial charge in [0.25, 0.3) is 0 Å². The summed E-state index contributed by atoms with van der Waals surface area (Å²) < 4.78 is 47.5. The molecule has 0 aromatic heterocycles. The van der Waals surface area contributed by atoms with E-state index in [2.05, 4.69) is 5.32 Å². The van der Waals surface area contributed by atoms with Gasteiger partial charge < -0.3 is 10.4 Å². The number of carboxylic acid groups (broad SMARTS) is 1. The van der Waals surface area contributed by atoms with Crippen LogP contribution in [0.5, 0.6) is 0 Å². The van der Waals surface area contributed by atoms with Crippen LogP contribution >= 0.6 is 0 Å². The number of rotatable bonds is 6. The minimum absolute atomic E-state index is 0.000857. The van der Waals surface area contributed by atoms with Gasteiger partial charge in [-0.1, -0.05) is 0 Å². The zero-order valence-electron chi connectivity index (χ0n) is 13.2. The molecule has 0 bridgehead atoms. The fourth-order valence-corrected chi connectivity index (χ4v) is 3.36. The summed E-state index contributed by atoms with van der Waals surface area (Å²) in [7, 11) is -4.67. The van der Waals surface area contributed by atoms with Crippen molar-refractivity contribution in [3.8, 4) is 0 Å². The number of carbonyl (C=O) groups is 2. The third-order valence-corrected chi connectivity index (χ3v) is 5.32. The Bertz CT molecular complexity index is 737. The van der Waals surface area contributed by atoms with Crippen molar-refractivity contribution in [3.63, 3.8) is 0 Å². The van der Waals surface area contributed by atoms with Crippen LogP contribution in [0.15, 0.2) is 29.2 Å². The SMILES string of the molecule is O=C(CN1CCCC(C(=O)O)C1)Nc1ccc(S(=O)(=O)C(F)F)cc1. The lowest BCUT2D eigenvalue weighted by molar-refractivity contribution is -0.144. The third kappa shape index (κ3) is 4.95. The quantitative estimate of drug-likeness (QED) is 0.778. The molecule has 10 heteroatoms. The molecule has 1 atom stereocenters. The molecule has 1 unspecified atom stereocenters. The average molecular weight is 376 g/mol. The first kappa shape index (κ1) is 19.3. The number of hydrogen-bond acceptors (Lipinski definition) is 5. The minimum atomic E-state index is -4.67. The maximum absolute atomic E-state index is 12.5. The number of carbonyl (C=O) groups excluding carboxylic acids is 1. The van der Waals surface area contributed by atoms with Crippen molar-refractivity contribution in [3.05, 3.63) is 24.3 Å². The van der Waals surface area contributed by atoms with Crippen molar-refractivity contribution in [2.45, 2.75) is 23.5 Å². The normalized spacial score (nSPS) is 18.9. The molecule has 2 rings (SSSR count). The predicted octanol–water partition coefficient (Wildman–Crippen LogP) is 1.42. The molecule has 0 aliphatic carbocycles. The van der Waals surface area contributed by atoms with Crippen molar-refractivity contribution in [2.24, 2.45) is 5.92 Å². The molecule has 1 aromatic rings. The molecule has 1 aliphatic heterocycles. The summed E-state index contributed by atoms with van der Waals surface area (Å²) in [5.74, 6) is -5.29. The highest BCUT2D eigenvalue weighted by atomic mass is 32.2. The number of nitrogens with zero attached hydrogens (tertiary/aromatic N) is 1. The topological polar surface area (TPSA) is 104 Å². The van der Waals surface area contributed by atoms with Crippen LogP contribution in [0.2, 0.25) is 0 Å². The van der Waals surface area contributed by atoms with E-state index >= 15 is 0 Å². The molecule has 138 valence electrons. The van der Waals surface area contributed by atoms with Gasteiger partial charge in [-0.15, -0.1) is 0 Å². The van der Waals surface area contributed by atoms with Gasteiger partial charge in [0.15, 0.2) is 0 Å². The van der Waals surface area contributed by atoms with E-state index in [0.29, 0.717) is 19.4 Å². The Morgan fingerprint density at radius 1 is 1.28 bits per heavy atom. The summed E-state index contributed by atoms with van der Waals surface area (Å²) >= 11 is 0. The van der Waals surface area contributed by atoms with Crippen LogP contribution in [0.1, 0.15) is 12.8 Å². The summed E-state index contributed by atoms with van der Waals surface area (Å²) in [6.45, 7) is 0.901. The number of halogens is 2. The Kier molecular flexibility index (Phi) is 6.07. The summed E-state index contributed by atoms with van der Waals surface area (Å²) in [5.41, 5.74) is 0.269. The van der Waals surface area contributed by atoms with Gasteiger partial charge in [-0.2, -0.15) is 8.78 Å². The van der Waals surface area contributed by atoms with Crippen molar-refractivity contribution in [2.75, 3.05) is 25.0 Å². The van der Waals surface area contributed by atoms with Crippen LogP contribution in [0.25, 0.3) is 0 Å². The predicted molar refractivity (Wildman–Crippen MR) is 85.1 cm³/mol. The first-order chi connectivity index (χ1) is 11.7. The molecular weight excluding hydrogens is 358 g/mol. The van der Waals surface area contributed by atoms with Gasteiger partial charge in [-0.3, -0.25) is 14.5 Å². The van der Waals surface area contributed by atoms with E-state index < -0.39 is 38.3 Å². The molecule has 1 aromatic carbocycles. The number of nitrogens with one attached hydrogen (secondary N) is 1. The minimum Gasteiger partial charge on any atom is -0.481 e. The number of aliphatic carboxylic acids is 1. The fraction of sp³-hybridized carbons (Fsp3) is 0.467. The molecule has 0 radical (unpaired) electrons. The maximum Gasteiger partial charge on any atom is 0.341 e. The molecule has 0 spiro atoms. The van der Waals surface area contributed by atoms with E-state index in [1.165, 1.54) is 12.1 Å². The van der Waals surface area contributed by atoms with E-state index in [9.17, 15) is 26.8 Å². The van der Waals surface area contributed by atoms with Gasteiger partial charge in [0.2, 0.25) is 15.7 Å². The van der Waals surface area contributed by atoms with Crippen molar-refractivity contribution < 1.29 is 31.9 Å². The van der Waals surface area contributed by atoms with Gasteiger partial charge >= 0.3 is 11.7 Å². The monoisotopic (exact) mass is 376 g/mol. The standard InChI is InChI=1S/C15H18F2N2O5S/c16-15(17)25(23,24)12-5-3-11(4-6-12)18-13(20)9-19-7-1-2-10(8-19)14(21)22/h3-6,10,15H,1-2,7-9H2,(H,18,20)(H,21,22). The summed E-state index contributed by atoms with van der Waals surface area (Å²) in [5, 5.41) is 11.6. The first-order valence-corrected chi connectivity index (χ1v) is 9.12. The molecule has 1 saturated heterocycles. The molecule has 2 N–H and O–H groups in total. The van der Waals surface area contributed by atoms with E-state index in [1.807, 2.05) is 0 Å². The van der Waals surface area contributed by atoms with Gasteiger partial charge in [0, 0.05) is 12.2 Å². The second kappa shape index (κ2) is 7.87. The number of sulfone groups is 1. The molecular formula is C15H18F2N2O5S. The molecule has 1 fully saturated rings. The molecule has 7 nitrogen and oxygen atoms in total. The van der Waals surface area contributed by atoms with E-state index in [-0.39, 0.29) is 18.8 Å². The lowest BCUT2D eigenvalue weighted by Crippen LogP contribution is -2.42. The first-order valence-electron chi connectivity index (χ1n) is 7.57. The Hall–Kier alpha value is -2.07. The third-order valence-electron chi connectivity index (χ3n) is 3.92. The second-order valence-electron chi connectivity index (χ2n) is 5.79. The molecule has 1 heterocycles. The highest BCUT2D eigenvalue weighted by Crippen LogP contribution is 2.20. The van der Waals surface area contributed by atoms with Crippen LogP contribution in [-0.2, 0) is 19.4 Å². The Morgan fingerprint density at radius 3 is 2.48 bits per heavy atom. The lowest BCUT2D eigenvalue weighted by Gasteiger charge is -2.29. The van der Waals surface area contributed by atoms with Gasteiger partial charge in [0.1, 0.15) is 0 Å². The Morgan fingerprint density at radius 2 is 1.92 bits per heavy atom. The number of hydrogen-bond donors (Lipinski definition) is 2. The molecule has 1 aliphatic rings. The van der Waals surface area contributed by atoms with Crippen molar-refractivity contribution >= 4 is 27.4 Å². The lowest BCUT2D eigenvalue weighted by atomic mass is 9.98. The summed E-state index contributed by atoms with van der Waals surface area (Å²) in [6.07, 6.45) is 1.26. The summed E-state index contributed by atoms with van der Waals surface area (Å²) in [4.78, 5) is 24.2. The number of carboxylic acids is 1. The number of anilines is 1. The molecule has 25 heavy (non-hydrogen) atoms. The highest BCUT2D eigenvalue weighted by molar-refractivity contribution is 7.91. The Labute approximate surface area is 143 Å². The van der Waals surface area contributed by atoms with Crippen molar-refractivity contribution in [1.29, 1.82) is 0 Å².